The summed E-state index contributed by atoms with van der Waals surface area (Å²) in [7, 11) is 0. The summed E-state index contributed by atoms with van der Waals surface area (Å²) < 4.78 is 4.77. The summed E-state index contributed by atoms with van der Waals surface area (Å²) in [4.78, 5) is 0. The maximum absolute atomic E-state index is 8.05. The van der Waals surface area contributed by atoms with Crippen molar-refractivity contribution >= 4 is 0 Å². The molecule has 0 aromatic rings. The lowest BCUT2D eigenvalue weighted by Gasteiger charge is -1.92. The summed E-state index contributed by atoms with van der Waals surface area (Å²) in [5.41, 5.74) is 0. The summed E-state index contributed by atoms with van der Waals surface area (Å²) >= 11 is 0. The number of hydrogen-bond donors (Lipinski definition) is 0. The van der Waals surface area contributed by atoms with Gasteiger partial charge in [-0.2, -0.15) is 10.5 Å². The summed E-state index contributed by atoms with van der Waals surface area (Å²) in [6.07, 6.45) is 1.23. The number of nitriles is 2. The first-order valence-corrected chi connectivity index (χ1v) is 2.73. The molecule has 0 fully saturated rings. The van der Waals surface area contributed by atoms with Crippen LogP contribution in [0.2, 0.25) is 0 Å². The van der Waals surface area contributed by atoms with Crippen LogP contribution in [0.25, 0.3) is 0 Å². The molecule has 0 bridgehead atoms. The van der Waals surface area contributed by atoms with Gasteiger partial charge < -0.3 is 4.74 Å². The third kappa shape index (κ3) is 6.94. The molecule has 0 N–H and O–H groups in total. The summed E-state index contributed by atoms with van der Waals surface area (Å²) in [6, 6.07) is 3.82. The van der Waals surface area contributed by atoms with Crippen LogP contribution in [0.1, 0.15) is 12.8 Å². The monoisotopic (exact) mass is 124 g/mol. The quantitative estimate of drug-likeness (QED) is 0.521. The van der Waals surface area contributed by atoms with E-state index in [9.17, 15) is 0 Å². The van der Waals surface area contributed by atoms with Crippen molar-refractivity contribution in [3.63, 3.8) is 0 Å². The molecular formula is C6H8N2O. The van der Waals surface area contributed by atoms with Gasteiger partial charge in [0.05, 0.1) is 12.1 Å². The molecule has 9 heavy (non-hydrogen) atoms. The normalized spacial score (nSPS) is 7.78. The average Bonchev–Trinajstić information content (AvgIpc) is 1.89. The molecular weight excluding hydrogens is 116 g/mol. The second kappa shape index (κ2) is 6.94. The molecule has 0 rings (SSSR count). The van der Waals surface area contributed by atoms with Crippen molar-refractivity contribution in [2.45, 2.75) is 12.8 Å². The Hall–Kier alpha value is -1.06. The predicted octanol–water partition coefficient (Wildman–Crippen LogP) is 0.830. The standard InChI is InChI=1S/C6H8N2O/c7-3-1-2-5-9-6-4-8/h1-2,5-6H2. The zero-order valence-corrected chi connectivity index (χ0v) is 5.13. The fourth-order valence-electron chi connectivity index (χ4n) is 0.371. The Morgan fingerprint density at radius 2 is 2.00 bits per heavy atom. The minimum absolute atomic E-state index is 0.130. The summed E-state index contributed by atoms with van der Waals surface area (Å²) in [5, 5.41) is 16.0. The van der Waals surface area contributed by atoms with E-state index in [1.165, 1.54) is 0 Å². The fraction of sp³-hybridized carbons (Fsp3) is 0.667. The fourth-order valence-corrected chi connectivity index (χ4v) is 0.371. The Morgan fingerprint density at radius 3 is 2.56 bits per heavy atom. The number of ether oxygens (including phenoxy) is 1. The average molecular weight is 124 g/mol. The van der Waals surface area contributed by atoms with Crippen LogP contribution in [0.4, 0.5) is 0 Å². The van der Waals surface area contributed by atoms with E-state index in [-0.39, 0.29) is 6.61 Å². The molecule has 0 saturated carbocycles. The predicted molar refractivity (Wildman–Crippen MR) is 31.3 cm³/mol. The van der Waals surface area contributed by atoms with Crippen LogP contribution in [0.3, 0.4) is 0 Å². The number of hydrogen-bond acceptors (Lipinski definition) is 3. The second-order valence-electron chi connectivity index (χ2n) is 1.47. The molecule has 48 valence electrons. The lowest BCUT2D eigenvalue weighted by atomic mass is 10.3. The molecule has 0 aromatic heterocycles. The van der Waals surface area contributed by atoms with Crippen molar-refractivity contribution in [3.8, 4) is 12.1 Å². The second-order valence-corrected chi connectivity index (χ2v) is 1.47. The number of unbranched alkanes of at least 4 members (excludes halogenated alkanes) is 1. The van der Waals surface area contributed by atoms with Crippen molar-refractivity contribution in [1.82, 2.24) is 0 Å². The molecule has 0 aliphatic heterocycles. The van der Waals surface area contributed by atoms with Crippen LogP contribution < -0.4 is 0 Å². The molecule has 0 radical (unpaired) electrons. The zero-order chi connectivity index (χ0) is 6.95. The lowest BCUT2D eigenvalue weighted by molar-refractivity contribution is 0.164. The Kier molecular flexibility index (Phi) is 6.12. The van der Waals surface area contributed by atoms with Crippen LogP contribution in [0.5, 0.6) is 0 Å². The summed E-state index contributed by atoms with van der Waals surface area (Å²) in [5.74, 6) is 0. The van der Waals surface area contributed by atoms with Crippen molar-refractivity contribution < 1.29 is 4.74 Å². The van der Waals surface area contributed by atoms with Gasteiger partial charge in [0.2, 0.25) is 0 Å². The molecule has 0 amide bonds. The van der Waals surface area contributed by atoms with Crippen LogP contribution in [-0.2, 0) is 4.74 Å². The molecule has 0 heterocycles. The van der Waals surface area contributed by atoms with Gasteiger partial charge in [-0.05, 0) is 6.42 Å². The third-order valence-corrected chi connectivity index (χ3v) is 0.744. The van der Waals surface area contributed by atoms with Crippen molar-refractivity contribution in [1.29, 1.82) is 10.5 Å². The smallest absolute Gasteiger partial charge is 0.133 e. The van der Waals surface area contributed by atoms with Crippen molar-refractivity contribution in [2.75, 3.05) is 13.2 Å². The van der Waals surface area contributed by atoms with E-state index in [1.807, 2.05) is 12.1 Å². The minimum Gasteiger partial charge on any atom is -0.367 e. The number of rotatable bonds is 4. The van der Waals surface area contributed by atoms with Gasteiger partial charge >= 0.3 is 0 Å². The van der Waals surface area contributed by atoms with E-state index in [2.05, 4.69) is 0 Å². The van der Waals surface area contributed by atoms with Gasteiger partial charge in [0.15, 0.2) is 0 Å². The first-order valence-electron chi connectivity index (χ1n) is 2.73. The molecule has 0 aliphatic rings. The maximum atomic E-state index is 8.05. The van der Waals surface area contributed by atoms with Crippen LogP contribution in [0, 0.1) is 22.7 Å². The largest absolute Gasteiger partial charge is 0.367 e. The van der Waals surface area contributed by atoms with Gasteiger partial charge in [-0.1, -0.05) is 0 Å². The Labute approximate surface area is 54.5 Å². The Balaban J connectivity index is 2.79. The molecule has 0 aromatic carbocycles. The van der Waals surface area contributed by atoms with Crippen LogP contribution in [0.15, 0.2) is 0 Å². The topological polar surface area (TPSA) is 56.8 Å². The molecule has 0 spiro atoms. The maximum Gasteiger partial charge on any atom is 0.133 e. The zero-order valence-electron chi connectivity index (χ0n) is 5.13. The third-order valence-electron chi connectivity index (χ3n) is 0.744. The molecule has 0 atom stereocenters. The van der Waals surface area contributed by atoms with Gasteiger partial charge in [0, 0.05) is 13.0 Å². The highest BCUT2D eigenvalue weighted by Crippen LogP contribution is 1.86. The van der Waals surface area contributed by atoms with E-state index in [1.54, 1.807) is 0 Å². The highest BCUT2D eigenvalue weighted by atomic mass is 16.5. The highest BCUT2D eigenvalue weighted by molar-refractivity contribution is 4.69. The van der Waals surface area contributed by atoms with Gasteiger partial charge in [0.1, 0.15) is 6.61 Å². The highest BCUT2D eigenvalue weighted by Gasteiger charge is 1.84. The molecule has 0 unspecified atom stereocenters. The molecule has 0 saturated heterocycles. The van der Waals surface area contributed by atoms with E-state index in [0.29, 0.717) is 13.0 Å². The Morgan fingerprint density at radius 1 is 1.22 bits per heavy atom. The number of nitrogens with zero attached hydrogens (tertiary/aromatic N) is 2. The Bertz CT molecular complexity index is 115. The van der Waals surface area contributed by atoms with Crippen LogP contribution in [-0.4, -0.2) is 13.2 Å². The molecule has 3 heteroatoms. The SMILES string of the molecule is N#CCCCOCC#N. The first-order chi connectivity index (χ1) is 4.41. The van der Waals surface area contributed by atoms with Crippen molar-refractivity contribution in [2.24, 2.45) is 0 Å². The lowest BCUT2D eigenvalue weighted by Crippen LogP contribution is -1.93. The van der Waals surface area contributed by atoms with Gasteiger partial charge in [-0.15, -0.1) is 0 Å². The van der Waals surface area contributed by atoms with Gasteiger partial charge in [-0.3, -0.25) is 0 Å². The molecule has 0 aliphatic carbocycles. The van der Waals surface area contributed by atoms with Gasteiger partial charge in [0.25, 0.3) is 0 Å². The van der Waals surface area contributed by atoms with E-state index in [4.69, 9.17) is 15.3 Å². The van der Waals surface area contributed by atoms with E-state index < -0.39 is 0 Å². The van der Waals surface area contributed by atoms with Crippen molar-refractivity contribution in [3.05, 3.63) is 0 Å². The van der Waals surface area contributed by atoms with Gasteiger partial charge in [-0.25, -0.2) is 0 Å². The molecule has 3 nitrogen and oxygen atoms in total. The minimum atomic E-state index is 0.130. The van der Waals surface area contributed by atoms with E-state index in [0.717, 1.165) is 6.42 Å². The first kappa shape index (κ1) is 7.94. The summed E-state index contributed by atoms with van der Waals surface area (Å²) in [6.45, 7) is 0.645. The van der Waals surface area contributed by atoms with Crippen LogP contribution >= 0.6 is 0 Å². The van der Waals surface area contributed by atoms with E-state index >= 15 is 0 Å².